The van der Waals surface area contributed by atoms with Gasteiger partial charge in [0.25, 0.3) is 5.24 Å². The van der Waals surface area contributed by atoms with Crippen LogP contribution in [0.4, 0.5) is 10.5 Å². The van der Waals surface area contributed by atoms with Gasteiger partial charge in [0.2, 0.25) is 0 Å². The second-order valence-corrected chi connectivity index (χ2v) is 9.82. The van der Waals surface area contributed by atoms with Crippen LogP contribution in [0.15, 0.2) is 46.5 Å². The molecule has 180 valence electrons. The van der Waals surface area contributed by atoms with Crippen molar-refractivity contribution in [1.29, 1.82) is 0 Å². The molecular weight excluding hydrogens is 472 g/mol. The number of ether oxygens (including phenoxy) is 2. The van der Waals surface area contributed by atoms with E-state index in [9.17, 15) is 4.79 Å². The van der Waals surface area contributed by atoms with Crippen LogP contribution < -0.4 is 19.8 Å². The molecule has 2 aliphatic heterocycles. The van der Waals surface area contributed by atoms with E-state index in [-0.39, 0.29) is 22.9 Å². The first-order chi connectivity index (χ1) is 16.1. The number of aryl methyl sites for hydroxylation is 1. The monoisotopic (exact) mass is 500 g/mol. The van der Waals surface area contributed by atoms with Crippen LogP contribution in [0, 0.1) is 0 Å². The summed E-state index contributed by atoms with van der Waals surface area (Å²) in [4.78, 5) is 19.1. The normalized spacial score (nSPS) is 20.0. The van der Waals surface area contributed by atoms with Crippen molar-refractivity contribution in [3.8, 4) is 11.5 Å². The van der Waals surface area contributed by atoms with Crippen molar-refractivity contribution in [2.24, 2.45) is 10.1 Å². The first-order valence-electron chi connectivity index (χ1n) is 11.3. The van der Waals surface area contributed by atoms with Crippen molar-refractivity contribution < 1.29 is 14.3 Å². The highest BCUT2D eigenvalue weighted by molar-refractivity contribution is 8.14. The highest BCUT2D eigenvalue weighted by Gasteiger charge is 2.29. The summed E-state index contributed by atoms with van der Waals surface area (Å²) in [5, 5.41) is 4.25. The molecule has 3 aliphatic rings. The van der Waals surface area contributed by atoms with E-state index in [4.69, 9.17) is 14.5 Å². The van der Waals surface area contributed by atoms with Gasteiger partial charge in [0.15, 0.2) is 11.5 Å². The number of fused-ring (bicyclic) bond motifs is 1. The van der Waals surface area contributed by atoms with Crippen molar-refractivity contribution in [3.05, 3.63) is 53.1 Å². The molecule has 1 fully saturated rings. The van der Waals surface area contributed by atoms with Crippen LogP contribution in [0.3, 0.4) is 0 Å². The third kappa shape index (κ3) is 4.88. The summed E-state index contributed by atoms with van der Waals surface area (Å²) in [6.45, 7) is 2.93. The minimum atomic E-state index is -0.105. The number of nitrogens with one attached hydrogen (secondary N) is 1. The van der Waals surface area contributed by atoms with E-state index >= 15 is 0 Å². The minimum Gasteiger partial charge on any atom is -0.493 e. The summed E-state index contributed by atoms with van der Waals surface area (Å²) in [6, 6.07) is 12.9. The quantitative estimate of drug-likeness (QED) is 0.460. The molecule has 1 N–H and O–H groups in total. The van der Waals surface area contributed by atoms with Crippen LogP contribution >= 0.6 is 24.2 Å². The highest BCUT2D eigenvalue weighted by atomic mass is 35.5. The third-order valence-corrected chi connectivity index (χ3v) is 7.06. The summed E-state index contributed by atoms with van der Waals surface area (Å²) >= 11 is 1.27. The molecule has 2 aromatic rings. The Morgan fingerprint density at radius 3 is 2.65 bits per heavy atom. The summed E-state index contributed by atoms with van der Waals surface area (Å²) in [6.07, 6.45) is 4.32. The maximum Gasteiger partial charge on any atom is 0.299 e. The van der Waals surface area contributed by atoms with E-state index in [0.717, 1.165) is 54.9 Å². The SMILES string of the molecule is COc1ccc(C(=NC2CC2)N2CCCc3cc(C4=NNC(=O)SC4C)ccc32)cc1OC.Cl. The van der Waals surface area contributed by atoms with Crippen LogP contribution in [0.2, 0.25) is 0 Å². The van der Waals surface area contributed by atoms with Gasteiger partial charge in [-0.15, -0.1) is 12.4 Å². The molecule has 1 atom stereocenters. The number of hydrogen-bond donors (Lipinski definition) is 1. The van der Waals surface area contributed by atoms with Crippen LogP contribution in [-0.2, 0) is 6.42 Å². The first kappa shape index (κ1) is 24.4. The number of hydrogen-bond acceptors (Lipinski definition) is 6. The molecule has 9 heteroatoms. The Hall–Kier alpha value is -2.71. The molecule has 34 heavy (non-hydrogen) atoms. The summed E-state index contributed by atoms with van der Waals surface area (Å²) in [7, 11) is 3.31. The second kappa shape index (κ2) is 10.3. The van der Waals surface area contributed by atoms with E-state index in [0.29, 0.717) is 17.5 Å². The predicted octanol–water partition coefficient (Wildman–Crippen LogP) is 5.04. The molecule has 7 nitrogen and oxygen atoms in total. The molecule has 1 aliphatic carbocycles. The first-order valence-corrected chi connectivity index (χ1v) is 12.2. The Labute approximate surface area is 210 Å². The fourth-order valence-electron chi connectivity index (χ4n) is 4.37. The largest absolute Gasteiger partial charge is 0.493 e. The molecule has 1 saturated carbocycles. The smallest absolute Gasteiger partial charge is 0.299 e. The lowest BCUT2D eigenvalue weighted by Gasteiger charge is -2.33. The molecule has 5 rings (SSSR count). The average Bonchev–Trinajstić information content (AvgIpc) is 3.66. The van der Waals surface area contributed by atoms with Gasteiger partial charge in [-0.1, -0.05) is 17.8 Å². The van der Waals surface area contributed by atoms with Gasteiger partial charge >= 0.3 is 0 Å². The van der Waals surface area contributed by atoms with Crippen LogP contribution in [0.1, 0.15) is 42.9 Å². The second-order valence-electron chi connectivity index (χ2n) is 8.51. The molecule has 0 aromatic heterocycles. The van der Waals surface area contributed by atoms with Crippen molar-refractivity contribution in [2.45, 2.75) is 43.9 Å². The minimum absolute atomic E-state index is 0. The van der Waals surface area contributed by atoms with E-state index in [1.54, 1.807) is 14.2 Å². The number of carbonyl (C=O) groups excluding carboxylic acids is 1. The van der Waals surface area contributed by atoms with Crippen LogP contribution in [-0.4, -0.2) is 48.8 Å². The zero-order chi connectivity index (χ0) is 22.9. The fourth-order valence-corrected chi connectivity index (χ4v) is 5.09. The van der Waals surface area contributed by atoms with Crippen molar-refractivity contribution in [1.82, 2.24) is 5.43 Å². The molecular formula is C25H29ClN4O3S. The maximum absolute atomic E-state index is 11.6. The predicted molar refractivity (Wildman–Crippen MR) is 141 cm³/mol. The lowest BCUT2D eigenvalue weighted by molar-refractivity contribution is 0.261. The fraction of sp³-hybridized carbons (Fsp3) is 0.400. The molecule has 2 heterocycles. The van der Waals surface area contributed by atoms with Gasteiger partial charge in [0.05, 0.1) is 31.2 Å². The standard InChI is InChI=1S/C25H28N4O3S.ClH/c1-15-23(27-28-25(30)33-15)17-6-10-20-16(13-17)5-4-12-29(20)24(26-19-8-9-19)18-7-11-21(31-2)22(14-18)32-3;/h6-7,10-11,13-15,19H,4-5,8-9,12H2,1-3H3,(H,28,30);1H. The molecule has 0 radical (unpaired) electrons. The Kier molecular flexibility index (Phi) is 7.38. The number of thioether (sulfide) groups is 1. The van der Waals surface area contributed by atoms with E-state index in [2.05, 4.69) is 39.7 Å². The van der Waals surface area contributed by atoms with Crippen molar-refractivity contribution >= 4 is 46.6 Å². The van der Waals surface area contributed by atoms with Gasteiger partial charge in [-0.05, 0) is 74.1 Å². The Bertz CT molecular complexity index is 1150. The average molecular weight is 501 g/mol. The summed E-state index contributed by atoms with van der Waals surface area (Å²) < 4.78 is 11.0. The maximum atomic E-state index is 11.6. The number of rotatable bonds is 5. The number of amides is 1. The summed E-state index contributed by atoms with van der Waals surface area (Å²) in [5.41, 5.74) is 8.05. The Morgan fingerprint density at radius 2 is 1.94 bits per heavy atom. The molecule has 0 spiro atoms. The van der Waals surface area contributed by atoms with E-state index in [1.165, 1.54) is 23.0 Å². The molecule has 2 aromatic carbocycles. The van der Waals surface area contributed by atoms with Crippen molar-refractivity contribution in [3.63, 3.8) is 0 Å². The highest BCUT2D eigenvalue weighted by Crippen LogP contribution is 2.35. The molecule has 1 amide bonds. The van der Waals surface area contributed by atoms with E-state index in [1.807, 2.05) is 19.1 Å². The van der Waals surface area contributed by atoms with Gasteiger partial charge in [0.1, 0.15) is 5.84 Å². The number of hydrazone groups is 1. The zero-order valence-corrected chi connectivity index (χ0v) is 21.2. The topological polar surface area (TPSA) is 75.5 Å². The van der Waals surface area contributed by atoms with E-state index < -0.39 is 0 Å². The lowest BCUT2D eigenvalue weighted by Crippen LogP contribution is -2.37. The van der Waals surface area contributed by atoms with Crippen LogP contribution in [0.5, 0.6) is 11.5 Å². The number of halogens is 1. The third-order valence-electron chi connectivity index (χ3n) is 6.18. The van der Waals surface area contributed by atoms with Crippen molar-refractivity contribution in [2.75, 3.05) is 25.7 Å². The van der Waals surface area contributed by atoms with Crippen LogP contribution in [0.25, 0.3) is 0 Å². The number of nitrogens with zero attached hydrogens (tertiary/aromatic N) is 3. The zero-order valence-electron chi connectivity index (χ0n) is 19.5. The molecule has 1 unspecified atom stereocenters. The lowest BCUT2D eigenvalue weighted by atomic mass is 9.96. The molecule has 0 saturated heterocycles. The number of aliphatic imine (C=N–C) groups is 1. The summed E-state index contributed by atoms with van der Waals surface area (Å²) in [5.74, 6) is 2.40. The number of carbonyl (C=O) groups is 1. The Morgan fingerprint density at radius 1 is 1.15 bits per heavy atom. The number of benzene rings is 2. The number of amidine groups is 1. The number of anilines is 1. The van der Waals surface area contributed by atoms with Gasteiger partial charge in [0, 0.05) is 17.8 Å². The van der Waals surface area contributed by atoms with Gasteiger partial charge in [-0.25, -0.2) is 5.43 Å². The molecule has 0 bridgehead atoms. The number of methoxy groups -OCH3 is 2. The Balaban J connectivity index is 0.00000274. The van der Waals surface area contributed by atoms with Gasteiger partial charge in [-0.2, -0.15) is 5.10 Å². The van der Waals surface area contributed by atoms with Gasteiger partial charge < -0.3 is 14.4 Å². The van der Waals surface area contributed by atoms with Gasteiger partial charge in [-0.3, -0.25) is 9.79 Å².